The van der Waals surface area contributed by atoms with Crippen molar-refractivity contribution in [3.8, 4) is 0 Å². The van der Waals surface area contributed by atoms with Crippen molar-refractivity contribution < 1.29 is 5.84 Å². The zero-order valence-corrected chi connectivity index (χ0v) is 2.59. The Bertz CT molecular complexity index is 67.3. The molecule has 0 fully saturated rings. The summed E-state index contributed by atoms with van der Waals surface area (Å²) in [4.78, 5) is 3.56. The number of hydrogen-bond acceptors (Lipinski definition) is 2. The molecule has 0 aliphatic carbocycles. The molecule has 0 saturated heterocycles. The normalized spacial score (nSPS) is 8.00. The van der Waals surface area contributed by atoms with E-state index in [1.165, 1.54) is 12.7 Å². The lowest BCUT2D eigenvalue weighted by Gasteiger charge is -1.47. The van der Waals surface area contributed by atoms with E-state index in [1.54, 1.807) is 6.20 Å². The van der Waals surface area contributed by atoms with E-state index < -0.39 is 0 Å². The molecule has 0 amide bonds. The maximum atomic E-state index is 4.47. The van der Waals surface area contributed by atoms with Crippen LogP contribution in [0.1, 0.15) is 1.43 Å². The summed E-state index contributed by atoms with van der Waals surface area (Å²) in [5.74, 6) is 0. The second-order valence-corrected chi connectivity index (χ2v) is 0.676. The van der Waals surface area contributed by atoms with Gasteiger partial charge in [-0.1, -0.05) is 0 Å². The van der Waals surface area contributed by atoms with Crippen LogP contribution < -0.4 is 0 Å². The van der Waals surface area contributed by atoms with Gasteiger partial charge in [-0.25, -0.2) is 4.98 Å². The molecule has 5 heavy (non-hydrogen) atoms. The lowest BCUT2D eigenvalue weighted by Crippen LogP contribution is -1.38. The summed E-state index contributed by atoms with van der Waals surface area (Å²) in [5.41, 5.74) is 0. The number of nitrogens with zero attached hydrogens (tertiary/aromatic N) is 1. The Morgan fingerprint density at radius 3 is 3.00 bits per heavy atom. The van der Waals surface area contributed by atoms with Gasteiger partial charge in [0, 0.05) is 1.43 Å². The van der Waals surface area contributed by atoms with Crippen LogP contribution in [0.25, 0.3) is 0 Å². The highest BCUT2D eigenvalue weighted by molar-refractivity contribution is 4.56. The molecule has 28 valence electrons. The van der Waals surface area contributed by atoms with Gasteiger partial charge in [-0.05, 0) is 0 Å². The molecule has 1 aromatic rings. The van der Waals surface area contributed by atoms with E-state index in [1.807, 2.05) is 0 Å². The molecule has 0 aliphatic heterocycles. The molecular weight excluding hydrogens is 66.0 g/mol. The van der Waals surface area contributed by atoms with E-state index in [2.05, 4.69) is 9.40 Å². The van der Waals surface area contributed by atoms with Crippen LogP contribution in [-0.2, 0) is 0 Å². The van der Waals surface area contributed by atoms with Gasteiger partial charge in [-0.15, -0.1) is 0 Å². The zero-order valence-electron chi connectivity index (χ0n) is 2.59. The summed E-state index contributed by atoms with van der Waals surface area (Å²) in [7, 11) is 0. The van der Waals surface area contributed by atoms with Crippen molar-refractivity contribution in [2.75, 3.05) is 0 Å². The van der Waals surface area contributed by atoms with Crippen molar-refractivity contribution in [2.45, 2.75) is 0 Å². The molecule has 0 saturated carbocycles. The van der Waals surface area contributed by atoms with Crippen molar-refractivity contribution in [3.63, 3.8) is 0 Å². The predicted molar refractivity (Wildman–Crippen MR) is 18.6 cm³/mol. The van der Waals surface area contributed by atoms with E-state index in [4.69, 9.17) is 0 Å². The van der Waals surface area contributed by atoms with Gasteiger partial charge in [0.25, 0.3) is 0 Å². The van der Waals surface area contributed by atoms with Crippen LogP contribution in [0.2, 0.25) is 0 Å². The standard InChI is InChI=1S/C3H3NO.H2/c1-2-5-3-4-1;/h1-3H;1H. The zero-order chi connectivity index (χ0) is 3.54. The Morgan fingerprint density at radius 1 is 1.80 bits per heavy atom. The molecule has 0 atom stereocenters. The molecule has 2 heteroatoms. The van der Waals surface area contributed by atoms with Gasteiger partial charge < -0.3 is 4.42 Å². The average Bonchev–Trinajstić information content (AvgIpc) is 1.76. The fraction of sp³-hybridized carbons (Fsp3) is 0. The Kier molecular flexibility index (Phi) is 0.433. The minimum atomic E-state index is 0. The Hall–Kier alpha value is -0.790. The molecular formula is C3H5NO. The van der Waals surface area contributed by atoms with Gasteiger partial charge in [-0.3, -0.25) is 0 Å². The van der Waals surface area contributed by atoms with Gasteiger partial charge in [0.05, 0.1) is 6.20 Å². The first kappa shape index (κ1) is 2.45. The molecule has 0 bridgehead atoms. The second kappa shape index (κ2) is 0.885. The highest BCUT2D eigenvalue weighted by Crippen LogP contribution is 1.72. The smallest absolute Gasteiger partial charge is 0.180 e. The van der Waals surface area contributed by atoms with Gasteiger partial charge in [-0.2, -0.15) is 0 Å². The van der Waals surface area contributed by atoms with Crippen molar-refractivity contribution in [2.24, 2.45) is 0 Å². The molecule has 2 nitrogen and oxygen atoms in total. The SMILES string of the molecule is [HH].c1cocn1. The molecule has 0 unspecified atom stereocenters. The van der Waals surface area contributed by atoms with Crippen LogP contribution in [0, 0.1) is 0 Å². The highest BCUT2D eigenvalue weighted by atomic mass is 16.3. The van der Waals surface area contributed by atoms with Crippen LogP contribution in [0.4, 0.5) is 0 Å². The highest BCUT2D eigenvalue weighted by Gasteiger charge is 1.59. The van der Waals surface area contributed by atoms with Gasteiger partial charge in [0.2, 0.25) is 0 Å². The van der Waals surface area contributed by atoms with E-state index >= 15 is 0 Å². The number of rotatable bonds is 0. The van der Waals surface area contributed by atoms with Crippen LogP contribution in [0.3, 0.4) is 0 Å². The third-order valence-electron chi connectivity index (χ3n) is 0.347. The summed E-state index contributed by atoms with van der Waals surface area (Å²) in [6.45, 7) is 0. The first-order valence-corrected chi connectivity index (χ1v) is 1.32. The van der Waals surface area contributed by atoms with E-state index in [9.17, 15) is 0 Å². The molecule has 0 radical (unpaired) electrons. The molecule has 1 heterocycles. The van der Waals surface area contributed by atoms with Gasteiger partial charge >= 0.3 is 0 Å². The fourth-order valence-electron chi connectivity index (χ4n) is 0.176. The second-order valence-electron chi connectivity index (χ2n) is 0.676. The number of hydrogen-bond donors (Lipinski definition) is 0. The summed E-state index contributed by atoms with van der Waals surface area (Å²) in [5, 5.41) is 0. The minimum Gasteiger partial charge on any atom is -0.452 e. The predicted octanol–water partition coefficient (Wildman–Crippen LogP) is 0.921. The van der Waals surface area contributed by atoms with Crippen LogP contribution >= 0.6 is 0 Å². The van der Waals surface area contributed by atoms with Crippen molar-refractivity contribution in [1.29, 1.82) is 0 Å². The Balaban J connectivity index is 0.000000250. The third-order valence-corrected chi connectivity index (χ3v) is 0.347. The quantitative estimate of drug-likeness (QED) is 0.454. The molecule has 0 spiro atoms. The minimum absolute atomic E-state index is 0. The Morgan fingerprint density at radius 2 is 2.80 bits per heavy atom. The maximum absolute atomic E-state index is 4.47. The first-order valence-electron chi connectivity index (χ1n) is 1.32. The summed E-state index contributed by atoms with van der Waals surface area (Å²) in [6.07, 6.45) is 4.47. The molecule has 1 aromatic heterocycles. The Labute approximate surface area is 30.9 Å². The lowest BCUT2D eigenvalue weighted by molar-refractivity contribution is 0.558. The number of aromatic nitrogens is 1. The lowest BCUT2D eigenvalue weighted by atomic mass is 11.0. The van der Waals surface area contributed by atoms with Crippen LogP contribution in [0.5, 0.6) is 0 Å². The third kappa shape index (κ3) is 0.265. The largest absolute Gasteiger partial charge is 0.452 e. The summed E-state index contributed by atoms with van der Waals surface area (Å²) < 4.78 is 4.47. The maximum Gasteiger partial charge on any atom is 0.180 e. The average molecular weight is 71.1 g/mol. The van der Waals surface area contributed by atoms with E-state index in [-0.39, 0.29) is 1.43 Å². The van der Waals surface area contributed by atoms with Crippen LogP contribution in [0.15, 0.2) is 23.3 Å². The molecule has 1 rings (SSSR count). The first-order chi connectivity index (χ1) is 2.50. The van der Waals surface area contributed by atoms with Crippen molar-refractivity contribution in [1.82, 2.24) is 4.98 Å². The molecule has 0 aliphatic rings. The number of oxazole rings is 1. The molecule has 0 aromatic carbocycles. The van der Waals surface area contributed by atoms with E-state index in [0.29, 0.717) is 0 Å². The van der Waals surface area contributed by atoms with E-state index in [0.717, 1.165) is 0 Å². The topological polar surface area (TPSA) is 26.0 Å². The molecule has 0 N–H and O–H groups in total. The summed E-state index contributed by atoms with van der Waals surface area (Å²) in [6, 6.07) is 0. The van der Waals surface area contributed by atoms with Crippen LogP contribution in [-0.4, -0.2) is 4.98 Å². The fourth-order valence-corrected chi connectivity index (χ4v) is 0.176. The van der Waals surface area contributed by atoms with Crippen molar-refractivity contribution in [3.05, 3.63) is 18.9 Å². The summed E-state index contributed by atoms with van der Waals surface area (Å²) >= 11 is 0. The monoisotopic (exact) mass is 71.0 g/mol. The van der Waals surface area contributed by atoms with Gasteiger partial charge in [0.15, 0.2) is 6.39 Å². The van der Waals surface area contributed by atoms with Gasteiger partial charge in [0.1, 0.15) is 6.26 Å². The van der Waals surface area contributed by atoms with Crippen molar-refractivity contribution >= 4 is 0 Å².